The molecular formula is C73H64N14O5. The molecule has 0 spiro atoms. The molecule has 456 valence electrons. The van der Waals surface area contributed by atoms with Crippen LogP contribution in [0.5, 0.6) is 11.5 Å². The molecule has 2 aliphatic heterocycles. The van der Waals surface area contributed by atoms with Gasteiger partial charge in [-0.15, -0.1) is 0 Å². The third-order valence-corrected chi connectivity index (χ3v) is 17.5. The summed E-state index contributed by atoms with van der Waals surface area (Å²) in [6.45, 7) is 4.76. The first-order valence-corrected chi connectivity index (χ1v) is 30.7. The number of benzene rings is 6. The Morgan fingerprint density at radius 2 is 1.01 bits per heavy atom. The number of fused-ring (bicyclic) bond motifs is 2. The van der Waals surface area contributed by atoms with Crippen molar-refractivity contribution in [2.24, 2.45) is 0 Å². The zero-order valence-electron chi connectivity index (χ0n) is 50.1. The highest BCUT2D eigenvalue weighted by Gasteiger charge is 2.26. The van der Waals surface area contributed by atoms with E-state index < -0.39 is 5.91 Å². The van der Waals surface area contributed by atoms with Gasteiger partial charge >= 0.3 is 0 Å². The number of hydrogen-bond donors (Lipinski definition) is 6. The van der Waals surface area contributed by atoms with E-state index >= 15 is 0 Å². The number of nitrogens with one attached hydrogen (secondary N) is 2. The van der Waals surface area contributed by atoms with E-state index in [-0.39, 0.29) is 40.3 Å². The molecule has 0 unspecified atom stereocenters. The third-order valence-electron chi connectivity index (χ3n) is 17.5. The van der Waals surface area contributed by atoms with Crippen molar-refractivity contribution in [3.8, 4) is 79.4 Å². The molecule has 1 amide bonds. The first-order chi connectivity index (χ1) is 45.0. The van der Waals surface area contributed by atoms with Crippen LogP contribution >= 0.6 is 0 Å². The van der Waals surface area contributed by atoms with Gasteiger partial charge in [-0.2, -0.15) is 0 Å². The number of nitrogen functional groups attached to an aromatic ring is 2. The van der Waals surface area contributed by atoms with Crippen LogP contribution in [-0.4, -0.2) is 116 Å². The summed E-state index contributed by atoms with van der Waals surface area (Å²) in [4.78, 5) is 70.9. The molecule has 0 aliphatic carbocycles. The summed E-state index contributed by atoms with van der Waals surface area (Å²) in [6, 6.07) is 60.6. The highest BCUT2D eigenvalue weighted by Crippen LogP contribution is 2.37. The zero-order chi connectivity index (χ0) is 62.8. The van der Waals surface area contributed by atoms with Crippen molar-refractivity contribution in [2.75, 3.05) is 43.0 Å². The molecule has 8 heterocycles. The summed E-state index contributed by atoms with van der Waals surface area (Å²) in [6.07, 6.45) is 6.12. The monoisotopic (exact) mass is 1220 g/mol. The standard InChI is InChI=1S/C73H64N14O5/c74-67-57(15-7-35-76-67)69-82-64-30-28-61(81-72(64)86(69)54-21-17-46(18-22-54)42-85-38-33-53(34-39-85)78-73(92)56-14-5-12-50(43-88)65(56)90)49-11-4-10-48(40-49)60-26-25-58(68(75)79-60)70-83-63-29-27-59(47-8-2-1-3-9-47)80-71(63)87(70)55-23-19-45(20-24-55)41-84-36-31-52(32-37-84)77-62-16-6-13-51(44-89)66(62)91/h1-30,35,40,43-44,52-53,77,90-91H,31-34,36-39,41-42H2,(H2,74,76)(H2,75,79)(H,78,92). The number of hydrogen-bond acceptors (Lipinski definition) is 16. The summed E-state index contributed by atoms with van der Waals surface area (Å²) in [5, 5.41) is 27.5. The van der Waals surface area contributed by atoms with Crippen LogP contribution in [-0.2, 0) is 13.1 Å². The lowest BCUT2D eigenvalue weighted by atomic mass is 10.0. The Bertz CT molecular complexity index is 4750. The number of aromatic hydroxyl groups is 2. The van der Waals surface area contributed by atoms with Gasteiger partial charge in [0.25, 0.3) is 5.91 Å². The van der Waals surface area contributed by atoms with Crippen LogP contribution in [0.2, 0.25) is 0 Å². The van der Waals surface area contributed by atoms with E-state index in [2.05, 4.69) is 84.6 Å². The largest absolute Gasteiger partial charge is 0.506 e. The summed E-state index contributed by atoms with van der Waals surface area (Å²) < 4.78 is 4.08. The predicted molar refractivity (Wildman–Crippen MR) is 358 cm³/mol. The maximum atomic E-state index is 13.1. The van der Waals surface area contributed by atoms with Crippen LogP contribution in [0.15, 0.2) is 194 Å². The molecule has 14 rings (SSSR count). The number of likely N-dealkylation sites (tertiary alicyclic amines) is 2. The molecule has 0 atom stereocenters. The zero-order valence-corrected chi connectivity index (χ0v) is 50.1. The minimum atomic E-state index is -0.396. The first-order valence-electron chi connectivity index (χ1n) is 30.7. The van der Waals surface area contributed by atoms with Crippen molar-refractivity contribution in [1.82, 2.24) is 54.2 Å². The molecule has 92 heavy (non-hydrogen) atoms. The molecule has 19 heteroatoms. The summed E-state index contributed by atoms with van der Waals surface area (Å²) in [5.41, 5.74) is 27.5. The number of phenolic OH excluding ortho intramolecular Hbond substituents is 2. The van der Waals surface area contributed by atoms with E-state index in [1.165, 1.54) is 12.1 Å². The number of imidazole rings is 2. The highest BCUT2D eigenvalue weighted by atomic mass is 16.3. The number of aldehydes is 2. The van der Waals surface area contributed by atoms with Gasteiger partial charge in [0.1, 0.15) is 34.2 Å². The smallest absolute Gasteiger partial charge is 0.255 e. The van der Waals surface area contributed by atoms with Crippen LogP contribution in [0.4, 0.5) is 17.3 Å². The van der Waals surface area contributed by atoms with E-state index in [1.807, 2.05) is 102 Å². The molecule has 2 fully saturated rings. The van der Waals surface area contributed by atoms with E-state index in [1.54, 1.807) is 30.5 Å². The summed E-state index contributed by atoms with van der Waals surface area (Å²) in [5.74, 6) is 1.14. The average molecular weight is 1220 g/mol. The summed E-state index contributed by atoms with van der Waals surface area (Å²) in [7, 11) is 0. The highest BCUT2D eigenvalue weighted by molar-refractivity contribution is 6.00. The number of nitrogens with zero attached hydrogens (tertiary/aromatic N) is 10. The van der Waals surface area contributed by atoms with Crippen molar-refractivity contribution in [3.05, 3.63) is 222 Å². The van der Waals surface area contributed by atoms with Crippen molar-refractivity contribution in [3.63, 3.8) is 0 Å². The van der Waals surface area contributed by atoms with Gasteiger partial charge in [0.05, 0.1) is 50.6 Å². The maximum Gasteiger partial charge on any atom is 0.255 e. The lowest BCUT2D eigenvalue weighted by Crippen LogP contribution is -2.44. The van der Waals surface area contributed by atoms with Crippen LogP contribution in [0.25, 0.3) is 90.3 Å². The number of carbonyl (C=O) groups excluding carboxylic acids is 3. The Balaban J connectivity index is 0.712. The number of pyridine rings is 4. The van der Waals surface area contributed by atoms with Gasteiger partial charge in [-0.25, -0.2) is 29.9 Å². The fourth-order valence-electron chi connectivity index (χ4n) is 12.5. The van der Waals surface area contributed by atoms with Crippen molar-refractivity contribution in [1.29, 1.82) is 0 Å². The van der Waals surface area contributed by atoms with Crippen molar-refractivity contribution >= 4 is 58.1 Å². The lowest BCUT2D eigenvalue weighted by molar-refractivity contribution is 0.0906. The molecule has 6 aromatic heterocycles. The third kappa shape index (κ3) is 11.8. The molecule has 12 aromatic rings. The summed E-state index contributed by atoms with van der Waals surface area (Å²) >= 11 is 0. The van der Waals surface area contributed by atoms with Gasteiger partial charge in [-0.1, -0.05) is 84.9 Å². The molecule has 2 aliphatic rings. The quantitative estimate of drug-likeness (QED) is 0.0366. The Morgan fingerprint density at radius 3 is 1.59 bits per heavy atom. The number of piperidine rings is 2. The number of nitrogens with two attached hydrogens (primary N) is 2. The normalized spacial score (nSPS) is 14.2. The minimum absolute atomic E-state index is 0.0110. The van der Waals surface area contributed by atoms with Crippen molar-refractivity contribution in [2.45, 2.75) is 50.9 Å². The Morgan fingerprint density at radius 1 is 0.500 bits per heavy atom. The molecule has 6 aromatic carbocycles. The number of amides is 1. The van der Waals surface area contributed by atoms with Crippen LogP contribution < -0.4 is 22.1 Å². The lowest BCUT2D eigenvalue weighted by Gasteiger charge is -2.33. The number of phenols is 2. The van der Waals surface area contributed by atoms with Gasteiger partial charge in [0.2, 0.25) is 0 Å². The number of rotatable bonds is 17. The molecule has 0 radical (unpaired) electrons. The second kappa shape index (κ2) is 25.2. The van der Waals surface area contributed by atoms with Crippen LogP contribution in [0.1, 0.15) is 67.9 Å². The number of aromatic nitrogens is 8. The number of para-hydroxylation sites is 2. The second-order valence-corrected chi connectivity index (χ2v) is 23.4. The van der Waals surface area contributed by atoms with E-state index in [0.29, 0.717) is 87.2 Å². The van der Waals surface area contributed by atoms with Crippen molar-refractivity contribution < 1.29 is 24.6 Å². The molecule has 19 nitrogen and oxygen atoms in total. The van der Waals surface area contributed by atoms with Gasteiger partial charge in [0, 0.05) is 85.6 Å². The number of carbonyl (C=O) groups is 3. The molecule has 0 bridgehead atoms. The Labute approximate surface area is 529 Å². The fourth-order valence-corrected chi connectivity index (χ4v) is 12.5. The fraction of sp³-hybridized carbons (Fsp3) is 0.164. The average Bonchev–Trinajstić information content (AvgIpc) is 1.62. The van der Waals surface area contributed by atoms with E-state index in [9.17, 15) is 24.6 Å². The van der Waals surface area contributed by atoms with E-state index in [4.69, 9.17) is 36.4 Å². The first kappa shape index (κ1) is 58.3. The molecule has 2 saturated heterocycles. The number of anilines is 3. The Hall–Kier alpha value is -11.4. The Kier molecular flexibility index (Phi) is 16.0. The van der Waals surface area contributed by atoms with Crippen LogP contribution in [0, 0.1) is 0 Å². The maximum absolute atomic E-state index is 13.1. The van der Waals surface area contributed by atoms with Gasteiger partial charge in [-0.05, 0) is 140 Å². The van der Waals surface area contributed by atoms with Gasteiger partial charge < -0.3 is 32.3 Å². The predicted octanol–water partition coefficient (Wildman–Crippen LogP) is 12.0. The SMILES string of the molecule is Nc1ncccc1-c1nc2ccc(-c3cccc(-c4ccc(-c5nc6ccc(-c7ccccc7)nc6n5-c5ccc(CN6CCC(Nc7cccc(C=O)c7O)CC6)cc5)c(N)n4)c3)nc2n1-c1ccc(CN2CCC(NC(=O)c3cccc(C=O)c3O)CC2)cc1. The van der Waals surface area contributed by atoms with Crippen LogP contribution in [0.3, 0.4) is 0 Å². The van der Waals surface area contributed by atoms with Gasteiger partial charge in [-0.3, -0.25) is 33.3 Å². The van der Waals surface area contributed by atoms with E-state index in [0.717, 1.165) is 109 Å². The molecule has 8 N–H and O–H groups in total. The second-order valence-electron chi connectivity index (χ2n) is 23.4. The van der Waals surface area contributed by atoms with Gasteiger partial charge in [0.15, 0.2) is 35.5 Å². The topological polar surface area (TPSA) is 261 Å². The minimum Gasteiger partial charge on any atom is -0.506 e. The molecular weight excluding hydrogens is 1150 g/mol. The molecule has 0 saturated carbocycles.